The van der Waals surface area contributed by atoms with E-state index in [1.54, 1.807) is 12.1 Å². The second-order valence-corrected chi connectivity index (χ2v) is 6.72. The summed E-state index contributed by atoms with van der Waals surface area (Å²) in [6, 6.07) is 15.5. The number of carboxylic acid groups (broad SMARTS) is 2. The SMILES string of the molecule is Cc1ccccc1CN1CCN(Cc2cccc(F)c2)CC1.O=C(O)C(=O)O. The maximum absolute atomic E-state index is 13.2. The predicted octanol–water partition coefficient (Wildman–Crippen LogP) is 2.61. The van der Waals surface area contributed by atoms with Gasteiger partial charge in [-0.25, -0.2) is 14.0 Å². The zero-order valence-electron chi connectivity index (χ0n) is 15.8. The van der Waals surface area contributed by atoms with Gasteiger partial charge in [-0.05, 0) is 35.7 Å². The van der Waals surface area contributed by atoms with Gasteiger partial charge in [0.1, 0.15) is 5.82 Å². The lowest BCUT2D eigenvalue weighted by atomic mass is 10.1. The monoisotopic (exact) mass is 388 g/mol. The van der Waals surface area contributed by atoms with Gasteiger partial charge in [0.05, 0.1) is 0 Å². The van der Waals surface area contributed by atoms with Crippen molar-refractivity contribution in [2.45, 2.75) is 20.0 Å². The first-order valence-electron chi connectivity index (χ1n) is 9.05. The van der Waals surface area contributed by atoms with Crippen LogP contribution in [0.25, 0.3) is 0 Å². The molecule has 3 rings (SSSR count). The van der Waals surface area contributed by atoms with Crippen LogP contribution >= 0.6 is 0 Å². The van der Waals surface area contributed by atoms with Crippen LogP contribution in [0.3, 0.4) is 0 Å². The fourth-order valence-electron chi connectivity index (χ4n) is 3.03. The number of hydrogen-bond acceptors (Lipinski definition) is 4. The van der Waals surface area contributed by atoms with Crippen molar-refractivity contribution in [3.8, 4) is 0 Å². The first kappa shape index (κ1) is 21.5. The third-order valence-corrected chi connectivity index (χ3v) is 4.60. The molecule has 0 amide bonds. The second-order valence-electron chi connectivity index (χ2n) is 6.72. The van der Waals surface area contributed by atoms with E-state index in [1.165, 1.54) is 17.2 Å². The van der Waals surface area contributed by atoms with Crippen LogP contribution in [0.1, 0.15) is 16.7 Å². The summed E-state index contributed by atoms with van der Waals surface area (Å²) >= 11 is 0. The Bertz CT molecular complexity index is 792. The molecule has 0 spiro atoms. The van der Waals surface area contributed by atoms with Gasteiger partial charge in [0.2, 0.25) is 0 Å². The molecule has 0 atom stereocenters. The molecule has 150 valence electrons. The van der Waals surface area contributed by atoms with Crippen LogP contribution in [0.5, 0.6) is 0 Å². The van der Waals surface area contributed by atoms with E-state index in [0.717, 1.165) is 44.8 Å². The minimum Gasteiger partial charge on any atom is -0.473 e. The predicted molar refractivity (Wildman–Crippen MR) is 103 cm³/mol. The number of hydrogen-bond donors (Lipinski definition) is 2. The largest absolute Gasteiger partial charge is 0.473 e. The zero-order chi connectivity index (χ0) is 20.5. The average Bonchev–Trinajstić information content (AvgIpc) is 2.66. The third kappa shape index (κ3) is 7.09. The van der Waals surface area contributed by atoms with Crippen molar-refractivity contribution in [1.29, 1.82) is 0 Å². The molecule has 0 aromatic heterocycles. The molecular weight excluding hydrogens is 363 g/mol. The van der Waals surface area contributed by atoms with Crippen LogP contribution in [0.15, 0.2) is 48.5 Å². The molecule has 1 fully saturated rings. The molecular formula is C21H25FN2O4. The van der Waals surface area contributed by atoms with E-state index in [4.69, 9.17) is 19.8 Å². The summed E-state index contributed by atoms with van der Waals surface area (Å²) in [6.07, 6.45) is 0. The summed E-state index contributed by atoms with van der Waals surface area (Å²) < 4.78 is 13.2. The van der Waals surface area contributed by atoms with Crippen LogP contribution in [0.2, 0.25) is 0 Å². The summed E-state index contributed by atoms with van der Waals surface area (Å²) in [5, 5.41) is 14.8. The number of rotatable bonds is 4. The summed E-state index contributed by atoms with van der Waals surface area (Å²) in [5.41, 5.74) is 3.85. The van der Waals surface area contributed by atoms with Crippen molar-refractivity contribution in [3.05, 3.63) is 71.0 Å². The molecule has 0 saturated carbocycles. The van der Waals surface area contributed by atoms with Crippen molar-refractivity contribution >= 4 is 11.9 Å². The Morgan fingerprint density at radius 3 is 2.00 bits per heavy atom. The van der Waals surface area contributed by atoms with Gasteiger partial charge in [0.15, 0.2) is 0 Å². The fourth-order valence-corrected chi connectivity index (χ4v) is 3.03. The number of benzene rings is 2. The Hall–Kier alpha value is -2.77. The Balaban J connectivity index is 0.000000409. The highest BCUT2D eigenvalue weighted by Crippen LogP contribution is 2.14. The Kier molecular flexibility index (Phi) is 8.10. The maximum Gasteiger partial charge on any atom is 0.414 e. The van der Waals surface area contributed by atoms with Crippen LogP contribution in [-0.4, -0.2) is 58.1 Å². The average molecular weight is 388 g/mol. The molecule has 1 heterocycles. The Morgan fingerprint density at radius 1 is 0.893 bits per heavy atom. The zero-order valence-corrected chi connectivity index (χ0v) is 15.8. The summed E-state index contributed by atoms with van der Waals surface area (Å²) in [5.74, 6) is -3.79. The van der Waals surface area contributed by atoms with Crippen LogP contribution in [0, 0.1) is 12.7 Å². The van der Waals surface area contributed by atoms with Gasteiger partial charge in [-0.2, -0.15) is 0 Å². The minimum absolute atomic E-state index is 0.143. The standard InChI is InChI=1S/C19H23FN2.C2H2O4/c1-16-5-2-3-7-18(16)15-22-11-9-21(10-12-22)14-17-6-4-8-19(20)13-17;3-1(4)2(5)6/h2-8,13H,9-12,14-15H2,1H3;(H,3,4)(H,5,6). The number of halogens is 1. The maximum atomic E-state index is 13.2. The molecule has 2 aromatic rings. The highest BCUT2D eigenvalue weighted by Gasteiger charge is 2.17. The molecule has 0 unspecified atom stereocenters. The van der Waals surface area contributed by atoms with E-state index >= 15 is 0 Å². The van der Waals surface area contributed by atoms with Crippen molar-refractivity contribution in [3.63, 3.8) is 0 Å². The van der Waals surface area contributed by atoms with Gasteiger partial charge in [-0.15, -0.1) is 0 Å². The second kappa shape index (κ2) is 10.5. The fraction of sp³-hybridized carbons (Fsp3) is 0.333. The molecule has 6 nitrogen and oxygen atoms in total. The van der Waals surface area contributed by atoms with E-state index in [2.05, 4.69) is 41.0 Å². The number of aliphatic carboxylic acids is 2. The van der Waals surface area contributed by atoms with Gasteiger partial charge in [0, 0.05) is 39.3 Å². The van der Waals surface area contributed by atoms with E-state index in [9.17, 15) is 4.39 Å². The van der Waals surface area contributed by atoms with Gasteiger partial charge in [-0.3, -0.25) is 9.80 Å². The quantitative estimate of drug-likeness (QED) is 0.784. The van der Waals surface area contributed by atoms with Gasteiger partial charge >= 0.3 is 11.9 Å². The molecule has 2 aromatic carbocycles. The van der Waals surface area contributed by atoms with Crippen LogP contribution < -0.4 is 0 Å². The highest BCUT2D eigenvalue weighted by molar-refractivity contribution is 6.27. The van der Waals surface area contributed by atoms with Crippen LogP contribution in [0.4, 0.5) is 4.39 Å². The highest BCUT2D eigenvalue weighted by atomic mass is 19.1. The van der Waals surface area contributed by atoms with Gasteiger partial charge in [0.25, 0.3) is 0 Å². The lowest BCUT2D eigenvalue weighted by molar-refractivity contribution is -0.159. The molecule has 1 saturated heterocycles. The van der Waals surface area contributed by atoms with E-state index in [1.807, 2.05) is 6.07 Å². The number of carbonyl (C=O) groups is 2. The molecule has 1 aliphatic heterocycles. The molecule has 7 heteroatoms. The van der Waals surface area contributed by atoms with Crippen molar-refractivity contribution in [2.75, 3.05) is 26.2 Å². The first-order valence-corrected chi connectivity index (χ1v) is 9.05. The smallest absolute Gasteiger partial charge is 0.414 e. The Morgan fingerprint density at radius 2 is 1.46 bits per heavy atom. The van der Waals surface area contributed by atoms with Crippen molar-refractivity contribution in [2.24, 2.45) is 0 Å². The molecule has 2 N–H and O–H groups in total. The summed E-state index contributed by atoms with van der Waals surface area (Å²) in [7, 11) is 0. The third-order valence-electron chi connectivity index (χ3n) is 4.60. The topological polar surface area (TPSA) is 81.1 Å². The lowest BCUT2D eigenvalue weighted by Crippen LogP contribution is -2.45. The van der Waals surface area contributed by atoms with Gasteiger partial charge < -0.3 is 10.2 Å². The number of piperazine rings is 1. The molecule has 28 heavy (non-hydrogen) atoms. The lowest BCUT2D eigenvalue weighted by Gasteiger charge is -2.35. The summed E-state index contributed by atoms with van der Waals surface area (Å²) in [4.78, 5) is 23.1. The van der Waals surface area contributed by atoms with E-state index < -0.39 is 11.9 Å². The molecule has 1 aliphatic rings. The molecule has 0 bridgehead atoms. The number of nitrogens with zero attached hydrogens (tertiary/aromatic N) is 2. The minimum atomic E-state index is -1.82. The summed E-state index contributed by atoms with van der Waals surface area (Å²) in [6.45, 7) is 8.28. The Labute approximate surface area is 163 Å². The van der Waals surface area contributed by atoms with Crippen LogP contribution in [-0.2, 0) is 22.7 Å². The number of carboxylic acids is 2. The molecule has 0 aliphatic carbocycles. The number of aryl methyl sites for hydroxylation is 1. The van der Waals surface area contributed by atoms with Crippen molar-refractivity contribution in [1.82, 2.24) is 9.80 Å². The van der Waals surface area contributed by atoms with E-state index in [-0.39, 0.29) is 5.82 Å². The van der Waals surface area contributed by atoms with E-state index in [0.29, 0.717) is 0 Å². The normalized spacial score (nSPS) is 14.8. The first-order chi connectivity index (χ1) is 13.3. The molecule has 0 radical (unpaired) electrons. The van der Waals surface area contributed by atoms with Gasteiger partial charge in [-0.1, -0.05) is 36.4 Å². The van der Waals surface area contributed by atoms with Crippen molar-refractivity contribution < 1.29 is 24.2 Å².